The van der Waals surface area contributed by atoms with Crippen molar-refractivity contribution in [2.75, 3.05) is 5.73 Å². The van der Waals surface area contributed by atoms with Gasteiger partial charge in [0.1, 0.15) is 6.10 Å². The Labute approximate surface area is 126 Å². The van der Waals surface area contributed by atoms with E-state index in [2.05, 4.69) is 20.8 Å². The van der Waals surface area contributed by atoms with E-state index in [4.69, 9.17) is 10.5 Å². The van der Waals surface area contributed by atoms with Gasteiger partial charge in [0, 0.05) is 11.5 Å². The van der Waals surface area contributed by atoms with Crippen LogP contribution in [-0.2, 0) is 16.1 Å². The molecular weight excluding hydrogens is 264 g/mol. The van der Waals surface area contributed by atoms with Crippen LogP contribution in [0.2, 0.25) is 0 Å². The average Bonchev–Trinajstić information content (AvgIpc) is 2.74. The molecule has 3 rings (SSSR count). The van der Waals surface area contributed by atoms with Gasteiger partial charge in [-0.15, -0.1) is 0 Å². The standard InChI is InChI=1S/C17H24N2O2/c1-16(2)12-7-8-17(16,3)13(10-12)21-15(20)11-19-9-5-4-6-14(19)18/h4-6,9,12-13,18H,7-8,10-11H2,1-3H3/p+1/t12-,13-,17-/m1/s1. The Kier molecular flexibility index (Phi) is 3.23. The van der Waals surface area contributed by atoms with E-state index in [0.29, 0.717) is 11.7 Å². The van der Waals surface area contributed by atoms with Gasteiger partial charge in [0.15, 0.2) is 6.54 Å². The number of anilines is 1. The van der Waals surface area contributed by atoms with Crippen LogP contribution < -0.4 is 10.3 Å². The van der Waals surface area contributed by atoms with E-state index in [-0.39, 0.29) is 29.4 Å². The molecule has 2 saturated carbocycles. The number of fused-ring (bicyclic) bond motifs is 2. The third-order valence-corrected chi connectivity index (χ3v) is 6.26. The lowest BCUT2D eigenvalue weighted by molar-refractivity contribution is -0.671. The number of hydrogen-bond acceptors (Lipinski definition) is 3. The molecular formula is C17H25N2O2+. The summed E-state index contributed by atoms with van der Waals surface area (Å²) in [6.07, 6.45) is 5.28. The summed E-state index contributed by atoms with van der Waals surface area (Å²) in [5.41, 5.74) is 6.23. The molecule has 1 aromatic heterocycles. The molecule has 2 N–H and O–H groups in total. The fourth-order valence-corrected chi connectivity index (χ4v) is 4.28. The molecule has 2 aliphatic rings. The summed E-state index contributed by atoms with van der Waals surface area (Å²) in [5.74, 6) is 1.07. The van der Waals surface area contributed by atoms with Crippen LogP contribution in [0.25, 0.3) is 0 Å². The summed E-state index contributed by atoms with van der Waals surface area (Å²) in [6, 6.07) is 5.51. The van der Waals surface area contributed by atoms with Gasteiger partial charge in [-0.05, 0) is 36.7 Å². The summed E-state index contributed by atoms with van der Waals surface area (Å²) in [4.78, 5) is 12.3. The second-order valence-corrected chi connectivity index (χ2v) is 7.34. The summed E-state index contributed by atoms with van der Waals surface area (Å²) in [6.45, 7) is 7.11. The number of pyridine rings is 1. The topological polar surface area (TPSA) is 56.2 Å². The number of carbonyl (C=O) groups excluding carboxylic acids is 1. The van der Waals surface area contributed by atoms with Crippen LogP contribution in [-0.4, -0.2) is 12.1 Å². The molecule has 4 heteroatoms. The first kappa shape index (κ1) is 14.4. The van der Waals surface area contributed by atoms with Crippen LogP contribution in [0.4, 0.5) is 5.82 Å². The Bertz CT molecular complexity index is 570. The monoisotopic (exact) mass is 289 g/mol. The van der Waals surface area contributed by atoms with Gasteiger partial charge in [0.2, 0.25) is 0 Å². The second-order valence-electron chi connectivity index (χ2n) is 7.34. The molecule has 0 spiro atoms. The van der Waals surface area contributed by atoms with Crippen LogP contribution in [0.1, 0.15) is 40.0 Å². The first-order chi connectivity index (χ1) is 9.84. The largest absolute Gasteiger partial charge is 0.459 e. The SMILES string of the molecule is CC1(C)[C@@H]2CC[C@]1(C)[C@H](OC(=O)C[n+]1ccccc1N)C2. The number of nitrogens with two attached hydrogens (primary N) is 1. The minimum atomic E-state index is -0.188. The number of carbonyl (C=O) groups is 1. The summed E-state index contributed by atoms with van der Waals surface area (Å²) in [5, 5.41) is 0. The maximum atomic E-state index is 12.3. The van der Waals surface area contributed by atoms with Crippen molar-refractivity contribution in [1.29, 1.82) is 0 Å². The van der Waals surface area contributed by atoms with E-state index >= 15 is 0 Å². The fourth-order valence-electron chi connectivity index (χ4n) is 4.28. The second kappa shape index (κ2) is 4.72. The Morgan fingerprint density at radius 2 is 2.19 bits per heavy atom. The number of ether oxygens (including phenoxy) is 1. The smallest absolute Gasteiger partial charge is 0.348 e. The molecule has 0 unspecified atom stereocenters. The average molecular weight is 289 g/mol. The third-order valence-electron chi connectivity index (χ3n) is 6.26. The van der Waals surface area contributed by atoms with Crippen molar-refractivity contribution in [2.45, 2.75) is 52.7 Å². The minimum Gasteiger partial charge on any atom is -0.459 e. The number of hydrogen-bond donors (Lipinski definition) is 1. The molecule has 3 atom stereocenters. The highest BCUT2D eigenvalue weighted by atomic mass is 16.5. The molecule has 21 heavy (non-hydrogen) atoms. The Morgan fingerprint density at radius 3 is 2.76 bits per heavy atom. The highest BCUT2D eigenvalue weighted by molar-refractivity contribution is 5.68. The molecule has 2 aliphatic carbocycles. The number of nitrogen functional groups attached to an aromatic ring is 1. The van der Waals surface area contributed by atoms with E-state index in [9.17, 15) is 4.79 Å². The van der Waals surface area contributed by atoms with Crippen LogP contribution in [0.15, 0.2) is 24.4 Å². The molecule has 1 heterocycles. The quantitative estimate of drug-likeness (QED) is 0.686. The normalized spacial score (nSPS) is 33.1. The van der Waals surface area contributed by atoms with E-state index in [1.54, 1.807) is 10.6 Å². The molecule has 4 nitrogen and oxygen atoms in total. The van der Waals surface area contributed by atoms with Crippen molar-refractivity contribution in [3.05, 3.63) is 24.4 Å². The van der Waals surface area contributed by atoms with Gasteiger partial charge in [-0.3, -0.25) is 5.73 Å². The molecule has 0 aromatic carbocycles. The molecule has 0 saturated heterocycles. The lowest BCUT2D eigenvalue weighted by Gasteiger charge is -2.38. The molecule has 0 amide bonds. The summed E-state index contributed by atoms with van der Waals surface area (Å²) in [7, 11) is 0. The van der Waals surface area contributed by atoms with Crippen molar-refractivity contribution in [1.82, 2.24) is 0 Å². The van der Waals surface area contributed by atoms with Gasteiger partial charge in [0.05, 0.1) is 6.20 Å². The van der Waals surface area contributed by atoms with Gasteiger partial charge in [-0.25, -0.2) is 9.36 Å². The minimum absolute atomic E-state index is 0.0456. The maximum Gasteiger partial charge on any atom is 0.348 e. The zero-order chi connectivity index (χ0) is 15.3. The first-order valence-electron chi connectivity index (χ1n) is 7.78. The Balaban J connectivity index is 1.68. The first-order valence-corrected chi connectivity index (χ1v) is 7.78. The summed E-state index contributed by atoms with van der Waals surface area (Å²) < 4.78 is 7.55. The van der Waals surface area contributed by atoms with E-state index in [1.165, 1.54) is 6.42 Å². The van der Waals surface area contributed by atoms with Crippen LogP contribution >= 0.6 is 0 Å². The van der Waals surface area contributed by atoms with Gasteiger partial charge in [-0.2, -0.15) is 0 Å². The lowest BCUT2D eigenvalue weighted by atomic mass is 9.70. The zero-order valence-corrected chi connectivity index (χ0v) is 13.1. The number of nitrogens with zero attached hydrogens (tertiary/aromatic N) is 1. The Hall–Kier alpha value is -1.58. The summed E-state index contributed by atoms with van der Waals surface area (Å²) >= 11 is 0. The number of rotatable bonds is 3. The van der Waals surface area contributed by atoms with Gasteiger partial charge in [0.25, 0.3) is 5.82 Å². The highest BCUT2D eigenvalue weighted by Crippen LogP contribution is 2.66. The third kappa shape index (κ3) is 2.12. The zero-order valence-electron chi connectivity index (χ0n) is 13.1. The van der Waals surface area contributed by atoms with Crippen LogP contribution in [0.3, 0.4) is 0 Å². The fraction of sp³-hybridized carbons (Fsp3) is 0.647. The van der Waals surface area contributed by atoms with Gasteiger partial charge >= 0.3 is 5.97 Å². The van der Waals surface area contributed by atoms with E-state index in [1.807, 2.05) is 18.3 Å². The molecule has 0 aliphatic heterocycles. The molecule has 2 bridgehead atoms. The van der Waals surface area contributed by atoms with Crippen molar-refractivity contribution < 1.29 is 14.1 Å². The lowest BCUT2D eigenvalue weighted by Crippen LogP contribution is -2.44. The highest BCUT2D eigenvalue weighted by Gasteiger charge is 2.62. The van der Waals surface area contributed by atoms with E-state index < -0.39 is 0 Å². The van der Waals surface area contributed by atoms with Crippen molar-refractivity contribution in [3.8, 4) is 0 Å². The molecule has 0 radical (unpaired) electrons. The van der Waals surface area contributed by atoms with Crippen LogP contribution in [0.5, 0.6) is 0 Å². The molecule has 2 fully saturated rings. The molecule has 114 valence electrons. The number of esters is 1. The molecule has 1 aromatic rings. The maximum absolute atomic E-state index is 12.3. The van der Waals surface area contributed by atoms with Gasteiger partial charge in [-0.1, -0.05) is 26.8 Å². The predicted octanol–water partition coefficient (Wildman–Crippen LogP) is 2.31. The Morgan fingerprint density at radius 1 is 1.43 bits per heavy atom. The van der Waals surface area contributed by atoms with Gasteiger partial charge < -0.3 is 4.74 Å². The van der Waals surface area contributed by atoms with Crippen molar-refractivity contribution in [2.24, 2.45) is 16.7 Å². The number of aromatic nitrogens is 1. The van der Waals surface area contributed by atoms with Crippen LogP contribution in [0, 0.1) is 16.7 Å². The predicted molar refractivity (Wildman–Crippen MR) is 80.2 cm³/mol. The van der Waals surface area contributed by atoms with Crippen molar-refractivity contribution >= 4 is 11.8 Å². The van der Waals surface area contributed by atoms with E-state index in [0.717, 1.165) is 12.8 Å². The van der Waals surface area contributed by atoms with Crippen molar-refractivity contribution in [3.63, 3.8) is 0 Å².